The van der Waals surface area contributed by atoms with E-state index in [2.05, 4.69) is 20.8 Å². The lowest BCUT2D eigenvalue weighted by molar-refractivity contribution is -0.152. The van der Waals surface area contributed by atoms with Gasteiger partial charge in [-0.2, -0.15) is 5.26 Å². The maximum atomic E-state index is 9.16. The van der Waals surface area contributed by atoms with Gasteiger partial charge in [0, 0.05) is 32.7 Å². The summed E-state index contributed by atoms with van der Waals surface area (Å²) in [4.78, 5) is 7.51. The zero-order valence-corrected chi connectivity index (χ0v) is 9.10. The summed E-state index contributed by atoms with van der Waals surface area (Å²) < 4.78 is 0. The average molecular weight is 206 g/mol. The van der Waals surface area contributed by atoms with Crippen molar-refractivity contribution in [2.75, 3.05) is 32.7 Å². The zero-order chi connectivity index (χ0) is 10.3. The van der Waals surface area contributed by atoms with Gasteiger partial charge in [-0.05, 0) is 19.3 Å². The number of rotatable bonds is 0. The van der Waals surface area contributed by atoms with Crippen molar-refractivity contribution in [1.82, 2.24) is 14.7 Å². The maximum Gasteiger partial charge on any atom is 0.120 e. The van der Waals surface area contributed by atoms with Crippen molar-refractivity contribution in [2.45, 2.75) is 31.6 Å². The van der Waals surface area contributed by atoms with Crippen molar-refractivity contribution >= 4 is 0 Å². The molecule has 3 aliphatic heterocycles. The Morgan fingerprint density at radius 1 is 0.933 bits per heavy atom. The van der Waals surface area contributed by atoms with E-state index >= 15 is 0 Å². The second-order valence-corrected chi connectivity index (χ2v) is 4.80. The summed E-state index contributed by atoms with van der Waals surface area (Å²) in [5.41, 5.74) is 0. The fourth-order valence-electron chi connectivity index (χ4n) is 3.29. The highest BCUT2D eigenvalue weighted by atomic mass is 15.5. The van der Waals surface area contributed by atoms with E-state index < -0.39 is 0 Å². The molecule has 3 rings (SSSR count). The molecule has 4 nitrogen and oxygen atoms in total. The largest absolute Gasteiger partial charge is 0.275 e. The summed E-state index contributed by atoms with van der Waals surface area (Å²) in [6.45, 7) is 5.87. The molecule has 0 amide bonds. The molecule has 3 heterocycles. The van der Waals surface area contributed by atoms with Gasteiger partial charge in [0.2, 0.25) is 0 Å². The fraction of sp³-hybridized carbons (Fsp3) is 0.909. The summed E-state index contributed by atoms with van der Waals surface area (Å²) in [6, 6.07) is 2.62. The van der Waals surface area contributed by atoms with Crippen molar-refractivity contribution in [3.63, 3.8) is 0 Å². The minimum Gasteiger partial charge on any atom is -0.275 e. The first kappa shape index (κ1) is 9.59. The van der Waals surface area contributed by atoms with E-state index in [9.17, 15) is 0 Å². The molecule has 3 saturated heterocycles. The second-order valence-electron chi connectivity index (χ2n) is 4.80. The summed E-state index contributed by atoms with van der Waals surface area (Å²) in [5.74, 6) is 0. The molecule has 0 aliphatic carbocycles. The van der Waals surface area contributed by atoms with Crippen molar-refractivity contribution in [2.24, 2.45) is 0 Å². The average Bonchev–Trinajstić information content (AvgIpc) is 2.30. The van der Waals surface area contributed by atoms with Crippen LogP contribution in [0.4, 0.5) is 0 Å². The van der Waals surface area contributed by atoms with Crippen LogP contribution in [0.25, 0.3) is 0 Å². The first-order valence-electron chi connectivity index (χ1n) is 6.03. The van der Waals surface area contributed by atoms with Crippen LogP contribution in [0.15, 0.2) is 0 Å². The Bertz CT molecular complexity index is 276. The molecule has 4 heteroatoms. The molecule has 0 unspecified atom stereocenters. The van der Waals surface area contributed by atoms with Gasteiger partial charge in [0.15, 0.2) is 0 Å². The Morgan fingerprint density at radius 3 is 2.33 bits per heavy atom. The number of nitrogens with zero attached hydrogens (tertiary/aromatic N) is 4. The Hall–Kier alpha value is -0.630. The second kappa shape index (κ2) is 3.75. The molecule has 82 valence electrons. The van der Waals surface area contributed by atoms with Gasteiger partial charge >= 0.3 is 0 Å². The Kier molecular flexibility index (Phi) is 2.39. The van der Waals surface area contributed by atoms with E-state index in [-0.39, 0.29) is 6.04 Å². The van der Waals surface area contributed by atoms with Crippen molar-refractivity contribution in [1.29, 1.82) is 5.26 Å². The lowest BCUT2D eigenvalue weighted by Crippen LogP contribution is -2.69. The van der Waals surface area contributed by atoms with Crippen molar-refractivity contribution < 1.29 is 0 Å². The third kappa shape index (κ3) is 1.46. The minimum absolute atomic E-state index is 0.159. The monoisotopic (exact) mass is 206 g/mol. The number of hydrogen-bond donors (Lipinski definition) is 0. The summed E-state index contributed by atoms with van der Waals surface area (Å²) in [6.07, 6.45) is 4.00. The van der Waals surface area contributed by atoms with E-state index in [1.165, 1.54) is 32.5 Å². The molecule has 0 aromatic heterocycles. The first-order valence-corrected chi connectivity index (χ1v) is 6.03. The standard InChI is InChI=1S/C11H18N4/c12-9-10-3-8-14-5-1-4-13-6-2-7-15(10)11(13)14/h10-11H,1-8H2/t10-,11+/m1/s1. The molecule has 0 spiro atoms. The van der Waals surface area contributed by atoms with Crippen LogP contribution in [0.2, 0.25) is 0 Å². The van der Waals surface area contributed by atoms with E-state index in [1.54, 1.807) is 0 Å². The molecular weight excluding hydrogens is 188 g/mol. The molecule has 0 aromatic rings. The number of hydrogen-bond acceptors (Lipinski definition) is 4. The Morgan fingerprint density at radius 2 is 1.60 bits per heavy atom. The van der Waals surface area contributed by atoms with Gasteiger partial charge in [-0.25, -0.2) is 0 Å². The summed E-state index contributed by atoms with van der Waals surface area (Å²) >= 11 is 0. The van der Waals surface area contributed by atoms with Crippen LogP contribution in [-0.2, 0) is 0 Å². The minimum atomic E-state index is 0.159. The first-order chi connectivity index (χ1) is 7.40. The molecule has 15 heavy (non-hydrogen) atoms. The fourth-order valence-corrected chi connectivity index (χ4v) is 3.29. The molecule has 3 fully saturated rings. The predicted octanol–water partition coefficient (Wildman–Crippen LogP) is 0.279. The predicted molar refractivity (Wildman–Crippen MR) is 56.9 cm³/mol. The van der Waals surface area contributed by atoms with Gasteiger partial charge < -0.3 is 0 Å². The summed E-state index contributed by atoms with van der Waals surface area (Å²) in [5, 5.41) is 9.16. The van der Waals surface area contributed by atoms with Gasteiger partial charge in [-0.15, -0.1) is 0 Å². The third-order valence-corrected chi connectivity index (χ3v) is 3.94. The number of nitriles is 1. The molecule has 0 aromatic carbocycles. The normalized spacial score (nSPS) is 38.3. The zero-order valence-electron chi connectivity index (χ0n) is 9.10. The molecule has 0 bridgehead atoms. The quantitative estimate of drug-likeness (QED) is 0.570. The van der Waals surface area contributed by atoms with Crippen molar-refractivity contribution in [3.8, 4) is 6.07 Å². The molecule has 0 saturated carbocycles. The van der Waals surface area contributed by atoms with E-state index in [0.717, 1.165) is 19.5 Å². The van der Waals surface area contributed by atoms with Crippen molar-refractivity contribution in [3.05, 3.63) is 0 Å². The van der Waals surface area contributed by atoms with Gasteiger partial charge in [0.05, 0.1) is 6.07 Å². The van der Waals surface area contributed by atoms with Crippen LogP contribution in [0.1, 0.15) is 19.3 Å². The smallest absolute Gasteiger partial charge is 0.120 e. The lowest BCUT2D eigenvalue weighted by Gasteiger charge is -2.56. The highest BCUT2D eigenvalue weighted by Crippen LogP contribution is 2.29. The van der Waals surface area contributed by atoms with Gasteiger partial charge in [0.25, 0.3) is 0 Å². The van der Waals surface area contributed by atoms with Crippen LogP contribution in [-0.4, -0.2) is 59.8 Å². The maximum absolute atomic E-state index is 9.16. The van der Waals surface area contributed by atoms with Crippen LogP contribution < -0.4 is 0 Å². The molecular formula is C11H18N4. The molecule has 2 atom stereocenters. The van der Waals surface area contributed by atoms with E-state index in [0.29, 0.717) is 6.29 Å². The Balaban J connectivity index is 1.86. The summed E-state index contributed by atoms with van der Waals surface area (Å²) in [7, 11) is 0. The Labute approximate surface area is 91.0 Å². The molecule has 3 aliphatic rings. The van der Waals surface area contributed by atoms with Crippen LogP contribution >= 0.6 is 0 Å². The van der Waals surface area contributed by atoms with Crippen LogP contribution in [0.3, 0.4) is 0 Å². The van der Waals surface area contributed by atoms with Gasteiger partial charge in [0.1, 0.15) is 12.3 Å². The van der Waals surface area contributed by atoms with E-state index in [4.69, 9.17) is 5.26 Å². The highest BCUT2D eigenvalue weighted by Gasteiger charge is 2.42. The van der Waals surface area contributed by atoms with Gasteiger partial charge in [-0.3, -0.25) is 14.7 Å². The van der Waals surface area contributed by atoms with E-state index in [1.807, 2.05) is 0 Å². The van der Waals surface area contributed by atoms with Crippen LogP contribution in [0.5, 0.6) is 0 Å². The lowest BCUT2D eigenvalue weighted by atomic mass is 10.0. The molecule has 0 radical (unpaired) electrons. The SMILES string of the molecule is N#C[C@H]1CCN2CCCN3CCCN1[C@@H]32. The van der Waals surface area contributed by atoms with Crippen LogP contribution in [0, 0.1) is 11.3 Å². The third-order valence-electron chi connectivity index (χ3n) is 3.94. The highest BCUT2D eigenvalue weighted by molar-refractivity contribution is 5.00. The topological polar surface area (TPSA) is 33.5 Å². The molecule has 0 N–H and O–H groups in total. The van der Waals surface area contributed by atoms with Gasteiger partial charge in [-0.1, -0.05) is 0 Å².